The maximum atomic E-state index is 11.1. The van der Waals surface area contributed by atoms with Gasteiger partial charge in [-0.25, -0.2) is 0 Å². The Morgan fingerprint density at radius 1 is 1.26 bits per heavy atom. The second-order valence-corrected chi connectivity index (χ2v) is 5.97. The number of benzene rings is 1. The molecule has 0 bridgehead atoms. The van der Waals surface area contributed by atoms with E-state index in [-0.39, 0.29) is 0 Å². The standard InChI is InChI=1S/C19H19NO3/c1-4-14-15-6-5-9-20-17(15)11-22-18-8-7-13(10-16(14)18)23-19(2,3)12-21/h4-10,12H,11H2,1-3H3/b14-4+. The molecule has 2 heterocycles. The van der Waals surface area contributed by atoms with E-state index < -0.39 is 5.60 Å². The van der Waals surface area contributed by atoms with E-state index in [4.69, 9.17) is 9.47 Å². The quantitative estimate of drug-likeness (QED) is 0.810. The smallest absolute Gasteiger partial charge is 0.162 e. The second kappa shape index (κ2) is 5.88. The van der Waals surface area contributed by atoms with E-state index in [1.807, 2.05) is 43.3 Å². The fraction of sp³-hybridized carbons (Fsp3) is 0.263. The van der Waals surface area contributed by atoms with Crippen molar-refractivity contribution in [1.82, 2.24) is 4.98 Å². The molecule has 0 amide bonds. The molecule has 0 aliphatic carbocycles. The summed E-state index contributed by atoms with van der Waals surface area (Å²) in [6, 6.07) is 9.57. The number of allylic oxidation sites excluding steroid dienone is 1. The molecule has 0 saturated carbocycles. The number of aldehydes is 1. The van der Waals surface area contributed by atoms with Crippen molar-refractivity contribution >= 4 is 11.9 Å². The van der Waals surface area contributed by atoms with Crippen LogP contribution in [0.2, 0.25) is 0 Å². The summed E-state index contributed by atoms with van der Waals surface area (Å²) >= 11 is 0. The average molecular weight is 309 g/mol. The number of carbonyl (C=O) groups is 1. The lowest BCUT2D eigenvalue weighted by molar-refractivity contribution is -0.118. The Balaban J connectivity index is 2.08. The molecule has 1 aliphatic heterocycles. The summed E-state index contributed by atoms with van der Waals surface area (Å²) in [5, 5.41) is 0. The van der Waals surface area contributed by atoms with Gasteiger partial charge < -0.3 is 9.47 Å². The van der Waals surface area contributed by atoms with Crippen LogP contribution in [-0.4, -0.2) is 16.9 Å². The van der Waals surface area contributed by atoms with Gasteiger partial charge in [-0.15, -0.1) is 0 Å². The van der Waals surface area contributed by atoms with Gasteiger partial charge in [0.25, 0.3) is 0 Å². The Hall–Kier alpha value is -2.62. The largest absolute Gasteiger partial charge is 0.487 e. The maximum Gasteiger partial charge on any atom is 0.162 e. The fourth-order valence-corrected chi connectivity index (χ4v) is 2.64. The SMILES string of the molecule is C/C=C1/c2cc(OC(C)(C)C=O)ccc2OCc2ncccc21. The lowest BCUT2D eigenvalue weighted by atomic mass is 9.96. The van der Waals surface area contributed by atoms with Crippen LogP contribution in [0.3, 0.4) is 0 Å². The van der Waals surface area contributed by atoms with Crippen molar-refractivity contribution in [2.75, 3.05) is 0 Å². The number of carbonyl (C=O) groups excluding carboxylic acids is 1. The summed E-state index contributed by atoms with van der Waals surface area (Å²) in [4.78, 5) is 15.5. The minimum atomic E-state index is -0.866. The van der Waals surface area contributed by atoms with Gasteiger partial charge in [-0.05, 0) is 50.6 Å². The zero-order valence-corrected chi connectivity index (χ0v) is 13.5. The first-order chi connectivity index (χ1) is 11.0. The Bertz CT molecular complexity index is 778. The minimum Gasteiger partial charge on any atom is -0.487 e. The van der Waals surface area contributed by atoms with Crippen LogP contribution >= 0.6 is 0 Å². The molecule has 0 unspecified atom stereocenters. The van der Waals surface area contributed by atoms with E-state index in [0.717, 1.165) is 34.4 Å². The summed E-state index contributed by atoms with van der Waals surface area (Å²) in [7, 11) is 0. The highest BCUT2D eigenvalue weighted by Gasteiger charge is 2.22. The van der Waals surface area contributed by atoms with Gasteiger partial charge in [0, 0.05) is 17.3 Å². The van der Waals surface area contributed by atoms with Crippen LogP contribution in [0.4, 0.5) is 0 Å². The molecule has 0 N–H and O–H groups in total. The third-order valence-electron chi connectivity index (χ3n) is 3.74. The molecule has 4 nitrogen and oxygen atoms in total. The van der Waals surface area contributed by atoms with Gasteiger partial charge in [0.2, 0.25) is 0 Å². The Kier molecular flexibility index (Phi) is 3.90. The van der Waals surface area contributed by atoms with E-state index in [1.165, 1.54) is 0 Å². The first-order valence-electron chi connectivity index (χ1n) is 7.57. The van der Waals surface area contributed by atoms with E-state index in [0.29, 0.717) is 12.4 Å². The highest BCUT2D eigenvalue weighted by molar-refractivity contribution is 5.84. The molecule has 4 heteroatoms. The normalized spacial score (nSPS) is 15.2. The molecule has 0 spiro atoms. The molecule has 1 aromatic heterocycles. The van der Waals surface area contributed by atoms with Gasteiger partial charge in [-0.3, -0.25) is 9.78 Å². The van der Waals surface area contributed by atoms with Crippen molar-refractivity contribution in [2.24, 2.45) is 0 Å². The van der Waals surface area contributed by atoms with Gasteiger partial charge in [0.15, 0.2) is 11.9 Å². The third kappa shape index (κ3) is 2.97. The van der Waals surface area contributed by atoms with Gasteiger partial charge in [-0.2, -0.15) is 0 Å². The molecule has 0 atom stereocenters. The Labute approximate surface area is 135 Å². The van der Waals surface area contributed by atoms with Gasteiger partial charge >= 0.3 is 0 Å². The van der Waals surface area contributed by atoms with Gasteiger partial charge in [-0.1, -0.05) is 12.1 Å². The molecule has 0 saturated heterocycles. The van der Waals surface area contributed by atoms with Crippen LogP contribution < -0.4 is 9.47 Å². The number of fused-ring (bicyclic) bond motifs is 2. The Morgan fingerprint density at radius 3 is 2.83 bits per heavy atom. The summed E-state index contributed by atoms with van der Waals surface area (Å²) in [6.45, 7) is 5.89. The monoisotopic (exact) mass is 309 g/mol. The molecule has 3 rings (SSSR count). The molecule has 2 aromatic rings. The van der Waals surface area contributed by atoms with E-state index in [1.54, 1.807) is 20.0 Å². The van der Waals surface area contributed by atoms with Crippen molar-refractivity contribution < 1.29 is 14.3 Å². The summed E-state index contributed by atoms with van der Waals surface area (Å²) in [6.07, 6.45) is 4.61. The lowest BCUT2D eigenvalue weighted by Crippen LogP contribution is -2.29. The highest BCUT2D eigenvalue weighted by atomic mass is 16.5. The predicted octanol–water partition coefficient (Wildman–Crippen LogP) is 3.78. The molecule has 1 aliphatic rings. The number of hydrogen-bond acceptors (Lipinski definition) is 4. The molecule has 1 aromatic carbocycles. The Morgan fingerprint density at radius 2 is 2.09 bits per heavy atom. The zero-order chi connectivity index (χ0) is 16.4. The fourth-order valence-electron chi connectivity index (χ4n) is 2.64. The first kappa shape index (κ1) is 15.3. The summed E-state index contributed by atoms with van der Waals surface area (Å²) in [5.74, 6) is 1.42. The van der Waals surface area contributed by atoms with E-state index in [9.17, 15) is 4.79 Å². The first-order valence-corrected chi connectivity index (χ1v) is 7.57. The molecular weight excluding hydrogens is 290 g/mol. The zero-order valence-electron chi connectivity index (χ0n) is 13.5. The number of hydrogen-bond donors (Lipinski definition) is 0. The molecule has 118 valence electrons. The second-order valence-electron chi connectivity index (χ2n) is 5.97. The lowest BCUT2D eigenvalue weighted by Gasteiger charge is -2.21. The van der Waals surface area contributed by atoms with Crippen LogP contribution in [-0.2, 0) is 11.4 Å². The summed E-state index contributed by atoms with van der Waals surface area (Å²) in [5.41, 5.74) is 3.09. The van der Waals surface area contributed by atoms with E-state index in [2.05, 4.69) is 4.98 Å². The number of aromatic nitrogens is 1. The topological polar surface area (TPSA) is 48.4 Å². The van der Waals surface area contributed by atoms with Crippen molar-refractivity contribution in [3.63, 3.8) is 0 Å². The average Bonchev–Trinajstić information content (AvgIpc) is 2.70. The number of ether oxygens (including phenoxy) is 2. The maximum absolute atomic E-state index is 11.1. The summed E-state index contributed by atoms with van der Waals surface area (Å²) < 4.78 is 11.7. The molecule has 0 radical (unpaired) electrons. The van der Waals surface area contributed by atoms with Crippen LogP contribution in [0, 0.1) is 0 Å². The number of rotatable bonds is 3. The van der Waals surface area contributed by atoms with Crippen molar-refractivity contribution in [3.8, 4) is 11.5 Å². The highest BCUT2D eigenvalue weighted by Crippen LogP contribution is 2.38. The molecule has 0 fully saturated rings. The van der Waals surface area contributed by atoms with Crippen LogP contribution in [0.1, 0.15) is 37.6 Å². The third-order valence-corrected chi connectivity index (χ3v) is 3.74. The van der Waals surface area contributed by atoms with Crippen molar-refractivity contribution in [3.05, 3.63) is 59.4 Å². The minimum absolute atomic E-state index is 0.431. The van der Waals surface area contributed by atoms with Gasteiger partial charge in [0.05, 0.1) is 5.69 Å². The van der Waals surface area contributed by atoms with Crippen LogP contribution in [0.25, 0.3) is 5.57 Å². The van der Waals surface area contributed by atoms with Crippen molar-refractivity contribution in [1.29, 1.82) is 0 Å². The van der Waals surface area contributed by atoms with Gasteiger partial charge in [0.1, 0.15) is 18.1 Å². The number of nitrogens with zero attached hydrogens (tertiary/aromatic N) is 1. The van der Waals surface area contributed by atoms with Crippen LogP contribution in [0.15, 0.2) is 42.6 Å². The predicted molar refractivity (Wildman–Crippen MR) is 88.5 cm³/mol. The molecule has 23 heavy (non-hydrogen) atoms. The number of pyridine rings is 1. The van der Waals surface area contributed by atoms with Crippen molar-refractivity contribution in [2.45, 2.75) is 33.0 Å². The van der Waals surface area contributed by atoms with Crippen LogP contribution in [0.5, 0.6) is 11.5 Å². The molecular formula is C19H19NO3. The van der Waals surface area contributed by atoms with E-state index >= 15 is 0 Å².